The Morgan fingerprint density at radius 1 is 0.964 bits per heavy atom. The van der Waals surface area contributed by atoms with Crippen molar-refractivity contribution < 1.29 is 24.3 Å². The fourth-order valence-electron chi connectivity index (χ4n) is 2.25. The van der Waals surface area contributed by atoms with Gasteiger partial charge in [-0.3, -0.25) is 14.4 Å². The molecule has 28 heavy (non-hydrogen) atoms. The Morgan fingerprint density at radius 2 is 1.57 bits per heavy atom. The van der Waals surface area contributed by atoms with E-state index in [0.29, 0.717) is 31.6 Å². The molecule has 3 atom stereocenters. The third-order valence-electron chi connectivity index (χ3n) is 3.82. The minimum Gasteiger partial charge on any atom is -0.480 e. The van der Waals surface area contributed by atoms with Gasteiger partial charge in [-0.15, -0.1) is 0 Å². The lowest BCUT2D eigenvalue weighted by Gasteiger charge is -2.23. The summed E-state index contributed by atoms with van der Waals surface area (Å²) >= 11 is 5.52. The molecule has 0 radical (unpaired) electrons. The molecular weight excluding hydrogens is 406 g/mol. The lowest BCUT2D eigenvalue weighted by molar-refractivity contribution is -0.142. The molecule has 0 aromatic heterocycles. The van der Waals surface area contributed by atoms with Gasteiger partial charge in [0.25, 0.3) is 0 Å². The Balaban J connectivity index is 5.05. The molecule has 162 valence electrons. The Bertz CT molecular complexity index is 524. The number of unbranched alkanes of at least 4 members (excludes halogenated alkanes) is 1. The van der Waals surface area contributed by atoms with Crippen LogP contribution >= 0.6 is 24.4 Å². The molecule has 0 saturated heterocycles. The van der Waals surface area contributed by atoms with Crippen LogP contribution in [-0.4, -0.2) is 77.8 Å². The second-order valence-corrected chi connectivity index (χ2v) is 7.38. The molecule has 8 N–H and O–H groups in total. The van der Waals surface area contributed by atoms with Crippen molar-refractivity contribution in [2.45, 2.75) is 43.8 Å². The van der Waals surface area contributed by atoms with Crippen LogP contribution in [0, 0.1) is 0 Å². The first-order valence-electron chi connectivity index (χ1n) is 8.93. The van der Waals surface area contributed by atoms with Crippen LogP contribution in [0.4, 0.5) is 0 Å². The van der Waals surface area contributed by atoms with Gasteiger partial charge in [0.15, 0.2) is 0 Å². The monoisotopic (exact) mass is 437 g/mol. The summed E-state index contributed by atoms with van der Waals surface area (Å²) in [6.07, 6.45) is 3.60. The topological polar surface area (TPSA) is 177 Å². The van der Waals surface area contributed by atoms with Gasteiger partial charge in [0.2, 0.25) is 17.7 Å². The fourth-order valence-corrected chi connectivity index (χ4v) is 2.98. The summed E-state index contributed by atoms with van der Waals surface area (Å²) in [6, 6.07) is -2.96. The first-order chi connectivity index (χ1) is 13.3. The number of aliphatic carboxylic acids is 1. The standard InChI is InChI=1S/C16H31N5O5S2/c1-28-7-5-10(20-15(24)12(9-27)19-13(22)8-18)14(23)21-11(16(25)26)4-2-3-6-17/h10-12,27H,2-9,17-18H2,1H3,(H,19,22)(H,20,24)(H,21,23)(H,25,26). The van der Waals surface area contributed by atoms with Crippen molar-refractivity contribution >= 4 is 48.1 Å². The van der Waals surface area contributed by atoms with Crippen LogP contribution in [0.1, 0.15) is 25.7 Å². The average molecular weight is 438 g/mol. The maximum Gasteiger partial charge on any atom is 0.326 e. The van der Waals surface area contributed by atoms with Crippen molar-refractivity contribution in [1.29, 1.82) is 0 Å². The van der Waals surface area contributed by atoms with Crippen LogP contribution in [0.3, 0.4) is 0 Å². The maximum atomic E-state index is 12.6. The van der Waals surface area contributed by atoms with Crippen LogP contribution in [0.15, 0.2) is 0 Å². The number of nitrogens with two attached hydrogens (primary N) is 2. The summed E-state index contributed by atoms with van der Waals surface area (Å²) in [4.78, 5) is 47.8. The quantitative estimate of drug-likeness (QED) is 0.117. The highest BCUT2D eigenvalue weighted by molar-refractivity contribution is 7.98. The number of carbonyl (C=O) groups is 4. The molecule has 12 heteroatoms. The summed E-state index contributed by atoms with van der Waals surface area (Å²) in [6.45, 7) is 0.156. The molecule has 0 heterocycles. The highest BCUT2D eigenvalue weighted by Gasteiger charge is 2.28. The second-order valence-electron chi connectivity index (χ2n) is 6.03. The number of rotatable bonds is 15. The van der Waals surface area contributed by atoms with Crippen LogP contribution in [0.25, 0.3) is 0 Å². The largest absolute Gasteiger partial charge is 0.480 e. The molecule has 0 aliphatic rings. The lowest BCUT2D eigenvalue weighted by Crippen LogP contribution is -2.56. The van der Waals surface area contributed by atoms with E-state index < -0.39 is 41.8 Å². The van der Waals surface area contributed by atoms with E-state index in [2.05, 4.69) is 28.6 Å². The van der Waals surface area contributed by atoms with Crippen LogP contribution in [0.2, 0.25) is 0 Å². The van der Waals surface area contributed by atoms with Gasteiger partial charge in [0.1, 0.15) is 18.1 Å². The maximum absolute atomic E-state index is 12.6. The SMILES string of the molecule is CSCCC(NC(=O)C(CS)NC(=O)CN)C(=O)NC(CCCCN)C(=O)O. The molecule has 3 amide bonds. The summed E-state index contributed by atoms with van der Waals surface area (Å²) < 4.78 is 0. The number of thioether (sulfide) groups is 1. The van der Waals surface area contributed by atoms with Crippen LogP contribution in [0.5, 0.6) is 0 Å². The van der Waals surface area contributed by atoms with Gasteiger partial charge in [-0.1, -0.05) is 0 Å². The van der Waals surface area contributed by atoms with Gasteiger partial charge in [-0.2, -0.15) is 24.4 Å². The zero-order valence-electron chi connectivity index (χ0n) is 16.0. The predicted octanol–water partition coefficient (Wildman–Crippen LogP) is -1.70. The molecule has 10 nitrogen and oxygen atoms in total. The summed E-state index contributed by atoms with van der Waals surface area (Å²) in [5.41, 5.74) is 10.6. The molecule has 3 unspecified atom stereocenters. The number of nitrogens with one attached hydrogen (secondary N) is 3. The Morgan fingerprint density at radius 3 is 2.07 bits per heavy atom. The van der Waals surface area contributed by atoms with Crippen molar-refractivity contribution in [1.82, 2.24) is 16.0 Å². The van der Waals surface area contributed by atoms with Gasteiger partial charge in [0.05, 0.1) is 6.54 Å². The van der Waals surface area contributed by atoms with Gasteiger partial charge in [-0.25, -0.2) is 4.79 Å². The Labute approximate surface area is 174 Å². The normalized spacial score (nSPS) is 13.9. The molecule has 0 spiro atoms. The highest BCUT2D eigenvalue weighted by Crippen LogP contribution is 2.05. The van der Waals surface area contributed by atoms with Crippen LogP contribution < -0.4 is 27.4 Å². The number of carboxylic acids is 1. The number of carbonyl (C=O) groups excluding carboxylic acids is 3. The van der Waals surface area contributed by atoms with Gasteiger partial charge >= 0.3 is 5.97 Å². The van der Waals surface area contributed by atoms with Crippen molar-refractivity contribution in [3.8, 4) is 0 Å². The van der Waals surface area contributed by atoms with E-state index >= 15 is 0 Å². The molecule has 0 fully saturated rings. The first-order valence-corrected chi connectivity index (χ1v) is 11.0. The number of carboxylic acid groups (broad SMARTS) is 1. The number of hydrogen-bond donors (Lipinski definition) is 7. The number of thiol groups is 1. The Kier molecular flexibility index (Phi) is 14.6. The van der Waals surface area contributed by atoms with E-state index in [1.807, 2.05) is 6.26 Å². The van der Waals surface area contributed by atoms with Gasteiger partial charge in [0, 0.05) is 5.75 Å². The predicted molar refractivity (Wildman–Crippen MR) is 112 cm³/mol. The summed E-state index contributed by atoms with van der Waals surface area (Å²) in [5, 5.41) is 16.8. The Hall–Kier alpha value is -1.50. The molecule has 0 aromatic rings. The molecule has 0 saturated carbocycles. The van der Waals surface area contributed by atoms with E-state index in [9.17, 15) is 24.3 Å². The highest BCUT2D eigenvalue weighted by atomic mass is 32.2. The molecule has 0 rings (SSSR count). The van der Waals surface area contributed by atoms with Crippen molar-refractivity contribution in [3.05, 3.63) is 0 Å². The second kappa shape index (κ2) is 15.4. The lowest BCUT2D eigenvalue weighted by atomic mass is 10.1. The van der Waals surface area contributed by atoms with Gasteiger partial charge < -0.3 is 32.5 Å². The van der Waals surface area contributed by atoms with E-state index in [1.165, 1.54) is 11.8 Å². The van der Waals surface area contributed by atoms with Crippen LogP contribution in [-0.2, 0) is 19.2 Å². The van der Waals surface area contributed by atoms with Crippen molar-refractivity contribution in [2.75, 3.05) is 30.9 Å². The summed E-state index contributed by atoms with van der Waals surface area (Å²) in [5.74, 6) is -2.26. The third kappa shape index (κ3) is 10.7. The fraction of sp³-hybridized carbons (Fsp3) is 0.750. The van der Waals surface area contributed by atoms with Crippen molar-refractivity contribution in [3.63, 3.8) is 0 Å². The number of amides is 3. The van der Waals surface area contributed by atoms with E-state index in [4.69, 9.17) is 11.5 Å². The average Bonchev–Trinajstić information content (AvgIpc) is 2.67. The van der Waals surface area contributed by atoms with Crippen molar-refractivity contribution in [2.24, 2.45) is 11.5 Å². The zero-order chi connectivity index (χ0) is 21.5. The minimum atomic E-state index is -1.15. The van der Waals surface area contributed by atoms with Gasteiger partial charge in [-0.05, 0) is 44.2 Å². The summed E-state index contributed by atoms with van der Waals surface area (Å²) in [7, 11) is 0. The minimum absolute atomic E-state index is 0.0191. The molecule has 0 aliphatic carbocycles. The third-order valence-corrected chi connectivity index (χ3v) is 4.83. The smallest absolute Gasteiger partial charge is 0.326 e. The first kappa shape index (κ1) is 26.5. The molecular formula is C16H31N5O5S2. The number of hydrogen-bond acceptors (Lipinski definition) is 8. The van der Waals surface area contributed by atoms with E-state index in [1.54, 1.807) is 0 Å². The molecule has 0 bridgehead atoms. The van der Waals surface area contributed by atoms with E-state index in [-0.39, 0.29) is 18.7 Å². The molecule has 0 aromatic carbocycles. The zero-order valence-corrected chi connectivity index (χ0v) is 17.7. The molecule has 0 aliphatic heterocycles. The van der Waals surface area contributed by atoms with E-state index in [0.717, 1.165) is 0 Å².